The van der Waals surface area contributed by atoms with E-state index in [1.807, 2.05) is 6.92 Å². The van der Waals surface area contributed by atoms with Crippen LogP contribution in [0.3, 0.4) is 0 Å². The molecule has 0 radical (unpaired) electrons. The van der Waals surface area contributed by atoms with Gasteiger partial charge >= 0.3 is 0 Å². The fraction of sp³-hybridized carbons (Fsp3) is 0.667. The molecule has 0 aliphatic carbocycles. The molecule has 2 heterocycles. The van der Waals surface area contributed by atoms with Gasteiger partial charge in [0.15, 0.2) is 5.69 Å². The van der Waals surface area contributed by atoms with E-state index < -0.39 is 10.0 Å². The number of nitrogens with two attached hydrogens (primary N) is 1. The van der Waals surface area contributed by atoms with Crippen molar-refractivity contribution in [2.75, 3.05) is 6.54 Å². The average molecular weight is 300 g/mol. The number of sulfonamides is 1. The number of H-pyrrole nitrogens is 1. The normalized spacial score (nSPS) is 23.3. The van der Waals surface area contributed by atoms with Crippen molar-refractivity contribution in [3.8, 4) is 0 Å². The second-order valence-corrected chi connectivity index (χ2v) is 6.92. The van der Waals surface area contributed by atoms with Gasteiger partial charge in [-0.15, -0.1) is 0 Å². The molecule has 0 spiro atoms. The summed E-state index contributed by atoms with van der Waals surface area (Å²) in [6.07, 6.45) is 1.32. The van der Waals surface area contributed by atoms with Crippen LogP contribution in [0.1, 0.15) is 43.4 Å². The smallest absolute Gasteiger partial charge is 0.276 e. The molecule has 1 aromatic heterocycles. The summed E-state index contributed by atoms with van der Waals surface area (Å²) in [5.74, 6) is 0.0262. The zero-order valence-corrected chi connectivity index (χ0v) is 12.7. The summed E-state index contributed by atoms with van der Waals surface area (Å²) in [5, 5.41) is 11.7. The number of carbonyl (C=O) groups excluding carboxylic acids is 1. The van der Waals surface area contributed by atoms with Crippen LogP contribution in [0, 0.1) is 5.92 Å². The van der Waals surface area contributed by atoms with Gasteiger partial charge in [0.05, 0.1) is 5.69 Å². The van der Waals surface area contributed by atoms with Crippen LogP contribution in [0.2, 0.25) is 0 Å². The van der Waals surface area contributed by atoms with E-state index in [0.29, 0.717) is 24.6 Å². The molecule has 1 aliphatic rings. The summed E-state index contributed by atoms with van der Waals surface area (Å²) < 4.78 is 23.4. The minimum atomic E-state index is -3.98. The number of nitrogens with zero attached hydrogens (tertiary/aromatic N) is 2. The molecule has 0 bridgehead atoms. The van der Waals surface area contributed by atoms with E-state index in [1.54, 1.807) is 11.8 Å². The monoisotopic (exact) mass is 300 g/mol. The summed E-state index contributed by atoms with van der Waals surface area (Å²) in [5.41, 5.74) is 0.279. The highest BCUT2D eigenvalue weighted by molar-refractivity contribution is 7.89. The molecule has 1 fully saturated rings. The van der Waals surface area contributed by atoms with Crippen molar-refractivity contribution in [3.63, 3.8) is 0 Å². The quantitative estimate of drug-likeness (QED) is 0.846. The van der Waals surface area contributed by atoms with Crippen LogP contribution in [0.25, 0.3) is 0 Å². The molecule has 1 aromatic rings. The second kappa shape index (κ2) is 5.17. The largest absolute Gasteiger partial charge is 0.334 e. The highest BCUT2D eigenvalue weighted by atomic mass is 32.2. The number of likely N-dealkylation sites (tertiary alicyclic amines) is 1. The summed E-state index contributed by atoms with van der Waals surface area (Å²) in [6.45, 7) is 6.40. The number of amides is 1. The van der Waals surface area contributed by atoms with Crippen molar-refractivity contribution in [2.45, 2.75) is 44.6 Å². The maximum atomic E-state index is 12.5. The Morgan fingerprint density at radius 2 is 2.15 bits per heavy atom. The molecule has 0 saturated carbocycles. The molecule has 20 heavy (non-hydrogen) atoms. The third-order valence-corrected chi connectivity index (χ3v) is 4.69. The number of rotatable bonds is 3. The average Bonchev–Trinajstić information content (AvgIpc) is 2.90. The summed E-state index contributed by atoms with van der Waals surface area (Å²) in [4.78, 5) is 14.0. The van der Waals surface area contributed by atoms with Crippen molar-refractivity contribution in [3.05, 3.63) is 11.4 Å². The van der Waals surface area contributed by atoms with E-state index in [1.165, 1.54) is 0 Å². The Labute approximate surface area is 118 Å². The first kappa shape index (κ1) is 15.0. The van der Waals surface area contributed by atoms with E-state index in [2.05, 4.69) is 17.1 Å². The first-order chi connectivity index (χ1) is 9.25. The Bertz CT molecular complexity index is 623. The lowest BCUT2D eigenvalue weighted by Crippen LogP contribution is -2.35. The molecule has 1 aliphatic heterocycles. The number of aromatic nitrogens is 2. The summed E-state index contributed by atoms with van der Waals surface area (Å²) in [7, 11) is -3.98. The van der Waals surface area contributed by atoms with Gasteiger partial charge in [-0.2, -0.15) is 5.10 Å². The Morgan fingerprint density at radius 1 is 1.50 bits per heavy atom. The van der Waals surface area contributed by atoms with Gasteiger partial charge < -0.3 is 4.90 Å². The van der Waals surface area contributed by atoms with Gasteiger partial charge in [-0.3, -0.25) is 9.89 Å². The predicted octanol–water partition coefficient (Wildman–Crippen LogP) is 0.490. The third kappa shape index (κ3) is 2.57. The Balaban J connectivity index is 2.44. The molecular weight excluding hydrogens is 280 g/mol. The Hall–Kier alpha value is -1.41. The van der Waals surface area contributed by atoms with Gasteiger partial charge in [-0.1, -0.05) is 13.8 Å². The van der Waals surface area contributed by atoms with E-state index in [-0.39, 0.29) is 22.5 Å². The highest BCUT2D eigenvalue weighted by Crippen LogP contribution is 2.26. The number of primary sulfonamides is 1. The van der Waals surface area contributed by atoms with Crippen LogP contribution in [0.4, 0.5) is 0 Å². The number of carbonyl (C=O) groups is 1. The van der Waals surface area contributed by atoms with Crippen LogP contribution in [0.15, 0.2) is 4.90 Å². The van der Waals surface area contributed by atoms with Crippen molar-refractivity contribution >= 4 is 15.9 Å². The molecule has 0 aromatic carbocycles. The van der Waals surface area contributed by atoms with Gasteiger partial charge in [-0.05, 0) is 25.7 Å². The SMILES string of the molecule is CCc1[nH]nc(C(=O)N2CC(C)CC2C)c1S(N)(=O)=O. The first-order valence-corrected chi connectivity index (χ1v) is 8.21. The number of nitrogens with one attached hydrogen (secondary N) is 1. The van der Waals surface area contributed by atoms with Gasteiger partial charge in [0.2, 0.25) is 10.0 Å². The van der Waals surface area contributed by atoms with Crippen molar-refractivity contribution in [2.24, 2.45) is 11.1 Å². The predicted molar refractivity (Wildman–Crippen MR) is 73.6 cm³/mol. The van der Waals surface area contributed by atoms with E-state index in [4.69, 9.17) is 5.14 Å². The molecule has 2 unspecified atom stereocenters. The maximum Gasteiger partial charge on any atom is 0.276 e. The van der Waals surface area contributed by atoms with Gasteiger partial charge in [-0.25, -0.2) is 13.6 Å². The number of hydrogen-bond donors (Lipinski definition) is 2. The standard InChI is InChI=1S/C12H20N4O3S/c1-4-9-11(20(13,18)19)10(15-14-9)12(17)16-6-7(2)5-8(16)3/h7-8H,4-6H2,1-3H3,(H,14,15)(H2,13,18,19). The second-order valence-electron chi connectivity index (χ2n) is 5.43. The van der Waals surface area contributed by atoms with Crippen molar-refractivity contribution < 1.29 is 13.2 Å². The fourth-order valence-corrected chi connectivity index (χ4v) is 3.71. The minimum absolute atomic E-state index is 0.0765. The highest BCUT2D eigenvalue weighted by Gasteiger charge is 2.35. The number of aromatic amines is 1. The fourth-order valence-electron chi connectivity index (χ4n) is 2.78. The van der Waals surface area contributed by atoms with E-state index in [9.17, 15) is 13.2 Å². The van der Waals surface area contributed by atoms with Crippen LogP contribution in [-0.4, -0.2) is 42.0 Å². The van der Waals surface area contributed by atoms with Crippen molar-refractivity contribution in [1.82, 2.24) is 15.1 Å². The molecule has 7 nitrogen and oxygen atoms in total. The van der Waals surface area contributed by atoms with Gasteiger partial charge in [0.1, 0.15) is 4.90 Å². The number of aryl methyl sites for hydroxylation is 1. The molecule has 8 heteroatoms. The summed E-state index contributed by atoms with van der Waals surface area (Å²) in [6, 6.07) is 0.0765. The Morgan fingerprint density at radius 3 is 2.60 bits per heavy atom. The lowest BCUT2D eigenvalue weighted by atomic mass is 10.1. The molecular formula is C12H20N4O3S. The lowest BCUT2D eigenvalue weighted by Gasteiger charge is -2.20. The van der Waals surface area contributed by atoms with Gasteiger partial charge in [0, 0.05) is 12.6 Å². The molecule has 2 atom stereocenters. The topological polar surface area (TPSA) is 109 Å². The molecule has 1 saturated heterocycles. The first-order valence-electron chi connectivity index (χ1n) is 6.66. The summed E-state index contributed by atoms with van der Waals surface area (Å²) >= 11 is 0. The van der Waals surface area contributed by atoms with Crippen LogP contribution in [-0.2, 0) is 16.4 Å². The van der Waals surface area contributed by atoms with Crippen molar-refractivity contribution in [1.29, 1.82) is 0 Å². The van der Waals surface area contributed by atoms with Crippen LogP contribution in [0.5, 0.6) is 0 Å². The zero-order chi connectivity index (χ0) is 15.1. The minimum Gasteiger partial charge on any atom is -0.334 e. The third-order valence-electron chi connectivity index (χ3n) is 3.68. The maximum absolute atomic E-state index is 12.5. The van der Waals surface area contributed by atoms with Crippen LogP contribution < -0.4 is 5.14 Å². The van der Waals surface area contributed by atoms with E-state index in [0.717, 1.165) is 6.42 Å². The van der Waals surface area contributed by atoms with E-state index >= 15 is 0 Å². The lowest BCUT2D eigenvalue weighted by molar-refractivity contribution is 0.0734. The van der Waals surface area contributed by atoms with Crippen LogP contribution >= 0.6 is 0 Å². The number of hydrogen-bond acceptors (Lipinski definition) is 4. The van der Waals surface area contributed by atoms with Gasteiger partial charge in [0.25, 0.3) is 5.91 Å². The molecule has 3 N–H and O–H groups in total. The Kier molecular flexibility index (Phi) is 3.88. The molecule has 112 valence electrons. The molecule has 2 rings (SSSR count). The molecule has 1 amide bonds. The zero-order valence-electron chi connectivity index (χ0n) is 11.9.